The highest BCUT2D eigenvalue weighted by Crippen LogP contribution is 2.28. The van der Waals surface area contributed by atoms with Crippen LogP contribution < -0.4 is 54.4 Å². The first-order chi connectivity index (χ1) is 32.3. The van der Waals surface area contributed by atoms with Gasteiger partial charge in [0.15, 0.2) is 9.84 Å². The molecule has 1 saturated heterocycles. The predicted molar refractivity (Wildman–Crippen MR) is 245 cm³/mol. The molecule has 1 heterocycles. The van der Waals surface area contributed by atoms with Crippen molar-refractivity contribution in [2.45, 2.75) is 128 Å². The number of phenolic OH excluding ortho intramolecular Hbond substituents is 1. The quantitative estimate of drug-likeness (QED) is 0.0661. The molecule has 0 unspecified atom stereocenters. The van der Waals surface area contributed by atoms with Gasteiger partial charge in [0.25, 0.3) is 0 Å². The summed E-state index contributed by atoms with van der Waals surface area (Å²) in [6.07, 6.45) is -2.28. The number of aromatic hydroxyl groups is 1. The van der Waals surface area contributed by atoms with Crippen LogP contribution in [0.5, 0.6) is 5.75 Å². The number of rotatable bonds is 18. The molecular weight excluding hydrogens is 927 g/mol. The van der Waals surface area contributed by atoms with Crippen LogP contribution in [-0.2, 0) is 69.0 Å². The van der Waals surface area contributed by atoms with Crippen molar-refractivity contribution in [2.75, 3.05) is 24.6 Å². The fraction of sp³-hybridized carbons (Fsp3) is 0.605. The molecule has 0 bridgehead atoms. The number of nitrogens with one attached hydrogen (secondary N) is 7. The van der Waals surface area contributed by atoms with Crippen LogP contribution >= 0.6 is 0 Å². The van der Waals surface area contributed by atoms with E-state index in [1.54, 1.807) is 27.7 Å². The Morgan fingerprint density at radius 1 is 0.768 bits per heavy atom. The van der Waals surface area contributed by atoms with Gasteiger partial charge in [0, 0.05) is 25.3 Å². The highest BCUT2D eigenvalue weighted by Gasteiger charge is 2.40. The zero-order chi connectivity index (χ0) is 51.7. The predicted octanol–water partition coefficient (Wildman–Crippen LogP) is -4.51. The third kappa shape index (κ3) is 19.0. The van der Waals surface area contributed by atoms with Crippen LogP contribution in [-0.4, -0.2) is 150 Å². The van der Waals surface area contributed by atoms with Crippen molar-refractivity contribution in [3.8, 4) is 5.75 Å². The Bertz CT molecular complexity index is 2200. The number of sulfone groups is 1. The highest BCUT2D eigenvalue weighted by atomic mass is 32.2. The Morgan fingerprint density at radius 3 is 1.94 bits per heavy atom. The molecule has 25 nitrogen and oxygen atoms in total. The molecule has 11 amide bonds. The normalized spacial score (nSPS) is 22.7. The molecule has 14 N–H and O–H groups in total. The van der Waals surface area contributed by atoms with E-state index in [1.807, 2.05) is 0 Å². The van der Waals surface area contributed by atoms with Crippen molar-refractivity contribution in [2.24, 2.45) is 29.0 Å². The van der Waals surface area contributed by atoms with Gasteiger partial charge in [-0.2, -0.15) is 0 Å². The van der Waals surface area contributed by atoms with Crippen molar-refractivity contribution >= 4 is 74.8 Å². The lowest BCUT2D eigenvalue weighted by Crippen LogP contribution is -2.61. The number of amides is 11. The summed E-state index contributed by atoms with van der Waals surface area (Å²) in [7, 11) is -4.28. The number of primary amides is 3. The zero-order valence-corrected chi connectivity index (χ0v) is 39.9. The maximum absolute atomic E-state index is 14.4. The van der Waals surface area contributed by atoms with Gasteiger partial charge in [-0.3, -0.25) is 52.7 Å². The largest absolute Gasteiger partial charge is 0.508 e. The molecule has 0 aromatic heterocycles. The van der Waals surface area contributed by atoms with Gasteiger partial charge in [-0.05, 0) is 55.2 Å². The first-order valence-corrected chi connectivity index (χ1v) is 24.3. The van der Waals surface area contributed by atoms with Crippen molar-refractivity contribution in [3.63, 3.8) is 0 Å². The Hall–Kier alpha value is -6.86. The zero-order valence-electron chi connectivity index (χ0n) is 39.0. The monoisotopic (exact) mass is 991 g/mol. The number of nitrogens with zero attached hydrogens (tertiary/aromatic N) is 1. The van der Waals surface area contributed by atoms with Crippen LogP contribution in [0.25, 0.3) is 0 Å². The number of benzene rings is 1. The van der Waals surface area contributed by atoms with E-state index in [-0.39, 0.29) is 12.2 Å². The summed E-state index contributed by atoms with van der Waals surface area (Å²) in [6, 6.07) is -4.23. The van der Waals surface area contributed by atoms with Crippen molar-refractivity contribution in [3.05, 3.63) is 29.8 Å². The van der Waals surface area contributed by atoms with E-state index in [4.69, 9.17) is 17.2 Å². The number of carbonyl (C=O) groups is 11. The molecule has 382 valence electrons. The molecule has 26 heteroatoms. The van der Waals surface area contributed by atoms with Gasteiger partial charge in [0.2, 0.25) is 65.0 Å². The molecule has 7 atom stereocenters. The molecule has 2 fully saturated rings. The lowest BCUT2D eigenvalue weighted by molar-refractivity contribution is -0.141. The molecule has 3 rings (SSSR count). The fourth-order valence-corrected chi connectivity index (χ4v) is 8.44. The average Bonchev–Trinajstić information content (AvgIpc) is 4.12. The Kier molecular flexibility index (Phi) is 21.3. The van der Waals surface area contributed by atoms with Crippen molar-refractivity contribution in [1.29, 1.82) is 0 Å². The maximum atomic E-state index is 14.4. The summed E-state index contributed by atoms with van der Waals surface area (Å²) in [5, 5.41) is 26.9. The molecule has 69 heavy (non-hydrogen) atoms. The molecule has 0 spiro atoms. The van der Waals surface area contributed by atoms with Crippen molar-refractivity contribution < 1.29 is 66.3 Å². The van der Waals surface area contributed by atoms with Gasteiger partial charge < -0.3 is 64.4 Å². The first-order valence-electron chi connectivity index (χ1n) is 22.5. The van der Waals surface area contributed by atoms with E-state index in [0.717, 1.165) is 4.90 Å². The lowest BCUT2D eigenvalue weighted by atomic mass is 9.96. The first kappa shape index (κ1) is 56.5. The van der Waals surface area contributed by atoms with Gasteiger partial charge >= 0.3 is 0 Å². The standard InChI is InChI=1S/C43H65N11O14S/c1-5-23(4)37-42(65)49-27(12-13-31(44)56)38(61)51-30(19-32(45)57)39(62)50-28(43(66)54(25-8-9-25)21-35(60)52-36(22(2)3)41(64)47-20-33(46)58)14-16-69(67,68)17-15-34(59)48-29(40(63)53-37)18-24-6-10-26(55)11-7-24/h6-7,10-11,22-23,25,27-30,36-37,55H,5,8-9,12-21H2,1-4H3,(H2,44,56)(H2,45,57)(H2,46,58)(H,47,64)(H,48,59)(H,49,65)(H,50,62)(H,51,61)(H,52,60)(H,53,63)/t23-,27-,28-,29-,30-,36-,37-/m0/s1. The van der Waals surface area contributed by atoms with Crippen LogP contribution in [0.15, 0.2) is 24.3 Å². The number of hydrogen-bond donors (Lipinski definition) is 11. The topological polar surface area (TPSA) is 408 Å². The van der Waals surface area contributed by atoms with Gasteiger partial charge in [0.1, 0.15) is 42.0 Å². The second-order valence-electron chi connectivity index (χ2n) is 17.6. The van der Waals surface area contributed by atoms with Gasteiger partial charge in [-0.25, -0.2) is 8.42 Å². The molecule has 2 aliphatic rings. The molecule has 1 aromatic rings. The van der Waals surface area contributed by atoms with E-state index < -0.39 is 186 Å². The summed E-state index contributed by atoms with van der Waals surface area (Å²) in [6.45, 7) is 5.32. The average molecular weight is 992 g/mol. The SMILES string of the molecule is CC[C@H](C)[C@@H]1NC(=O)[C@H](Cc2ccc(O)cc2)NC(=O)CCS(=O)(=O)CC[C@@H](C(=O)N(CC(=O)N[C@H](C(=O)NCC(N)=O)C(C)C)C2CC2)NC(=O)[C@H](CC(N)=O)NC(=O)[C@H](CCC(N)=O)NC1=O. The van der Waals surface area contributed by atoms with Gasteiger partial charge in [-0.1, -0.05) is 46.2 Å². The Balaban J connectivity index is 2.09. The molecule has 1 aliphatic carbocycles. The second kappa shape index (κ2) is 26.0. The van der Waals surface area contributed by atoms with Gasteiger partial charge in [-0.15, -0.1) is 0 Å². The molecule has 0 radical (unpaired) electrons. The summed E-state index contributed by atoms with van der Waals surface area (Å²) < 4.78 is 27.2. The van der Waals surface area contributed by atoms with E-state index in [1.165, 1.54) is 24.3 Å². The summed E-state index contributed by atoms with van der Waals surface area (Å²) in [5.41, 5.74) is 16.4. The summed E-state index contributed by atoms with van der Waals surface area (Å²) in [4.78, 5) is 147. The van der Waals surface area contributed by atoms with E-state index >= 15 is 0 Å². The summed E-state index contributed by atoms with van der Waals surface area (Å²) in [5.74, 6) is -13.3. The minimum absolute atomic E-state index is 0.0901. The molecule has 1 saturated carbocycles. The molecular formula is C43H65N11O14S. The third-order valence-electron chi connectivity index (χ3n) is 11.4. The number of nitrogens with two attached hydrogens (primary N) is 3. The smallest absolute Gasteiger partial charge is 0.245 e. The number of hydrogen-bond acceptors (Lipinski definition) is 14. The van der Waals surface area contributed by atoms with Crippen LogP contribution in [0, 0.1) is 11.8 Å². The van der Waals surface area contributed by atoms with Gasteiger partial charge in [0.05, 0.1) is 31.0 Å². The highest BCUT2D eigenvalue weighted by molar-refractivity contribution is 7.91. The van der Waals surface area contributed by atoms with E-state index in [0.29, 0.717) is 24.8 Å². The van der Waals surface area contributed by atoms with Crippen LogP contribution in [0.1, 0.15) is 84.6 Å². The minimum atomic E-state index is -4.28. The van der Waals surface area contributed by atoms with Crippen molar-refractivity contribution in [1.82, 2.24) is 42.1 Å². The minimum Gasteiger partial charge on any atom is -0.508 e. The van der Waals surface area contributed by atoms with Crippen LogP contribution in [0.3, 0.4) is 0 Å². The lowest BCUT2D eigenvalue weighted by Gasteiger charge is -2.30. The molecule has 1 aromatic carbocycles. The third-order valence-corrected chi connectivity index (χ3v) is 13.1. The maximum Gasteiger partial charge on any atom is 0.245 e. The summed E-state index contributed by atoms with van der Waals surface area (Å²) >= 11 is 0. The number of carbonyl (C=O) groups excluding carboxylic acids is 11. The Morgan fingerprint density at radius 2 is 1.38 bits per heavy atom. The van der Waals surface area contributed by atoms with E-state index in [2.05, 4.69) is 37.2 Å². The van der Waals surface area contributed by atoms with E-state index in [9.17, 15) is 66.3 Å². The van der Waals surface area contributed by atoms with Crippen LogP contribution in [0.2, 0.25) is 0 Å². The fourth-order valence-electron chi connectivity index (χ4n) is 7.14. The number of phenols is 1. The second-order valence-corrected chi connectivity index (χ2v) is 19.9. The molecule has 1 aliphatic heterocycles. The van der Waals surface area contributed by atoms with Crippen LogP contribution in [0.4, 0.5) is 0 Å². The Labute approximate surface area is 399 Å².